The summed E-state index contributed by atoms with van der Waals surface area (Å²) in [5.74, 6) is -0.219. The van der Waals surface area contributed by atoms with Crippen LogP contribution < -0.4 is 4.90 Å². The van der Waals surface area contributed by atoms with Crippen LogP contribution in [0.15, 0.2) is 18.3 Å². The number of hydrogen-bond acceptors (Lipinski definition) is 4. The number of rotatable bonds is 1. The van der Waals surface area contributed by atoms with Gasteiger partial charge >= 0.3 is 12.3 Å². The lowest BCUT2D eigenvalue weighted by atomic mass is 9.78. The minimum absolute atomic E-state index is 0.0197. The van der Waals surface area contributed by atoms with Gasteiger partial charge in [0.25, 0.3) is 0 Å². The first-order valence-electron chi connectivity index (χ1n) is 9.20. The van der Waals surface area contributed by atoms with Gasteiger partial charge in [0.1, 0.15) is 11.4 Å². The van der Waals surface area contributed by atoms with Gasteiger partial charge in [0.15, 0.2) is 0 Å². The lowest BCUT2D eigenvalue weighted by molar-refractivity contribution is -0.137. The van der Waals surface area contributed by atoms with Crippen LogP contribution in [0.3, 0.4) is 0 Å². The summed E-state index contributed by atoms with van der Waals surface area (Å²) in [5, 5.41) is 0. The van der Waals surface area contributed by atoms with Crippen molar-refractivity contribution in [2.24, 2.45) is 5.41 Å². The highest BCUT2D eigenvalue weighted by molar-refractivity contribution is 5.95. The van der Waals surface area contributed by atoms with Gasteiger partial charge in [-0.3, -0.25) is 9.69 Å². The standard InChI is InChI=1S/C19H24F3N3O3/c1-17(2,3)28-16(27)24-8-5-18(6-9-24)11-15(26)25(12-18)14-10-13(4-7-23-14)19(20,21)22/h4,7,10H,5-6,8-9,11-12H2,1-3H3. The quantitative estimate of drug-likeness (QED) is 0.720. The van der Waals surface area contributed by atoms with Crippen LogP contribution in [0.4, 0.5) is 23.8 Å². The van der Waals surface area contributed by atoms with Crippen molar-refractivity contribution in [2.75, 3.05) is 24.5 Å². The van der Waals surface area contributed by atoms with Crippen LogP contribution in [0.2, 0.25) is 0 Å². The van der Waals surface area contributed by atoms with E-state index in [1.165, 1.54) is 4.90 Å². The summed E-state index contributed by atoms with van der Waals surface area (Å²) in [4.78, 5) is 31.6. The monoisotopic (exact) mass is 399 g/mol. The van der Waals surface area contributed by atoms with E-state index in [1.807, 2.05) is 0 Å². The molecule has 0 radical (unpaired) electrons. The van der Waals surface area contributed by atoms with E-state index in [9.17, 15) is 22.8 Å². The molecule has 1 spiro atoms. The summed E-state index contributed by atoms with van der Waals surface area (Å²) < 4.78 is 44.2. The smallest absolute Gasteiger partial charge is 0.416 e. The molecule has 1 aromatic heterocycles. The molecule has 2 amide bonds. The van der Waals surface area contributed by atoms with E-state index in [1.54, 1.807) is 25.7 Å². The number of nitrogens with zero attached hydrogens (tertiary/aromatic N) is 3. The molecule has 2 aliphatic rings. The van der Waals surface area contributed by atoms with Crippen LogP contribution in [-0.4, -0.2) is 47.1 Å². The third-order valence-corrected chi connectivity index (χ3v) is 5.15. The molecule has 1 aromatic rings. The largest absolute Gasteiger partial charge is 0.444 e. The van der Waals surface area contributed by atoms with Gasteiger partial charge in [0.05, 0.1) is 5.56 Å². The first kappa shape index (κ1) is 20.4. The zero-order valence-electron chi connectivity index (χ0n) is 16.2. The maximum atomic E-state index is 13.0. The molecule has 0 N–H and O–H groups in total. The highest BCUT2D eigenvalue weighted by Gasteiger charge is 2.47. The van der Waals surface area contributed by atoms with Crippen molar-refractivity contribution in [3.8, 4) is 0 Å². The van der Waals surface area contributed by atoms with E-state index < -0.39 is 17.3 Å². The van der Waals surface area contributed by atoms with Crippen LogP contribution in [0, 0.1) is 5.41 Å². The molecule has 3 heterocycles. The Morgan fingerprint density at radius 1 is 1.21 bits per heavy atom. The molecule has 9 heteroatoms. The van der Waals surface area contributed by atoms with Crippen molar-refractivity contribution < 1.29 is 27.5 Å². The molecular weight excluding hydrogens is 375 g/mol. The van der Waals surface area contributed by atoms with Gasteiger partial charge < -0.3 is 9.64 Å². The fourth-order valence-corrected chi connectivity index (χ4v) is 3.67. The maximum absolute atomic E-state index is 13.0. The molecular formula is C19H24F3N3O3. The number of aromatic nitrogens is 1. The zero-order valence-corrected chi connectivity index (χ0v) is 16.2. The number of anilines is 1. The van der Waals surface area contributed by atoms with Crippen molar-refractivity contribution >= 4 is 17.8 Å². The average Bonchev–Trinajstić information content (AvgIpc) is 2.89. The van der Waals surface area contributed by atoms with Gasteiger partial charge in [0, 0.05) is 37.7 Å². The number of carbonyl (C=O) groups is 2. The number of alkyl halides is 3. The molecule has 3 rings (SSSR count). The molecule has 0 aliphatic carbocycles. The predicted octanol–water partition coefficient (Wildman–Crippen LogP) is 3.85. The SMILES string of the molecule is CC(C)(C)OC(=O)N1CCC2(CC1)CC(=O)N(c1cc(C(F)(F)F)ccn1)C2. The Kier molecular flexibility index (Phi) is 5.05. The molecule has 0 saturated carbocycles. The second kappa shape index (κ2) is 6.93. The first-order chi connectivity index (χ1) is 12.9. The Hall–Kier alpha value is -2.32. The van der Waals surface area contributed by atoms with Crippen LogP contribution in [0.25, 0.3) is 0 Å². The Labute approximate surface area is 161 Å². The molecule has 28 heavy (non-hydrogen) atoms. The highest BCUT2D eigenvalue weighted by Crippen LogP contribution is 2.43. The predicted molar refractivity (Wildman–Crippen MR) is 95.7 cm³/mol. The number of halogens is 3. The Morgan fingerprint density at radius 3 is 2.43 bits per heavy atom. The molecule has 0 atom stereocenters. The topological polar surface area (TPSA) is 62.7 Å². The van der Waals surface area contributed by atoms with E-state index in [4.69, 9.17) is 4.74 Å². The Balaban J connectivity index is 1.68. The average molecular weight is 399 g/mol. The normalized spacial score (nSPS) is 20.0. The second-order valence-corrected chi connectivity index (χ2v) is 8.52. The number of hydrogen-bond donors (Lipinski definition) is 0. The number of ether oxygens (including phenoxy) is 1. The lowest BCUT2D eigenvalue weighted by Gasteiger charge is -2.39. The van der Waals surface area contributed by atoms with E-state index in [2.05, 4.69) is 4.98 Å². The van der Waals surface area contributed by atoms with Crippen molar-refractivity contribution in [3.63, 3.8) is 0 Å². The number of pyridine rings is 1. The summed E-state index contributed by atoms with van der Waals surface area (Å²) in [6.45, 7) is 6.60. The molecule has 0 unspecified atom stereocenters. The summed E-state index contributed by atoms with van der Waals surface area (Å²) in [6.07, 6.45) is -2.38. The van der Waals surface area contributed by atoms with Crippen molar-refractivity contribution in [3.05, 3.63) is 23.9 Å². The van der Waals surface area contributed by atoms with Crippen molar-refractivity contribution in [2.45, 2.75) is 51.8 Å². The number of amides is 2. The summed E-state index contributed by atoms with van der Waals surface area (Å²) in [5.41, 5.74) is -1.77. The van der Waals surface area contributed by atoms with Gasteiger partial charge in [-0.1, -0.05) is 0 Å². The van der Waals surface area contributed by atoms with Gasteiger partial charge in [-0.15, -0.1) is 0 Å². The van der Waals surface area contributed by atoms with Crippen LogP contribution in [0.5, 0.6) is 0 Å². The molecule has 2 aliphatic heterocycles. The molecule has 2 saturated heterocycles. The Morgan fingerprint density at radius 2 is 1.86 bits per heavy atom. The molecule has 0 bridgehead atoms. The fourth-order valence-electron chi connectivity index (χ4n) is 3.67. The second-order valence-electron chi connectivity index (χ2n) is 8.52. The zero-order chi connectivity index (χ0) is 20.7. The van der Waals surface area contributed by atoms with Crippen molar-refractivity contribution in [1.82, 2.24) is 9.88 Å². The summed E-state index contributed by atoms with van der Waals surface area (Å²) >= 11 is 0. The minimum Gasteiger partial charge on any atom is -0.444 e. The van der Waals surface area contributed by atoms with Gasteiger partial charge in [-0.25, -0.2) is 9.78 Å². The number of piperidine rings is 1. The lowest BCUT2D eigenvalue weighted by Crippen LogP contribution is -2.46. The van der Waals surface area contributed by atoms with Crippen LogP contribution in [-0.2, 0) is 15.7 Å². The van der Waals surface area contributed by atoms with E-state index in [-0.39, 0.29) is 29.7 Å². The molecule has 2 fully saturated rings. The highest BCUT2D eigenvalue weighted by atomic mass is 19.4. The molecule has 154 valence electrons. The van der Waals surface area contributed by atoms with E-state index in [0.717, 1.165) is 18.3 Å². The van der Waals surface area contributed by atoms with E-state index >= 15 is 0 Å². The van der Waals surface area contributed by atoms with Crippen molar-refractivity contribution in [1.29, 1.82) is 0 Å². The molecule has 6 nitrogen and oxygen atoms in total. The number of likely N-dealkylation sites (tertiary alicyclic amines) is 1. The minimum atomic E-state index is -4.49. The van der Waals surface area contributed by atoms with Crippen LogP contribution >= 0.6 is 0 Å². The fraction of sp³-hybridized carbons (Fsp3) is 0.632. The van der Waals surface area contributed by atoms with Gasteiger partial charge in [-0.05, 0) is 45.7 Å². The molecule has 0 aromatic carbocycles. The maximum Gasteiger partial charge on any atom is 0.416 e. The number of carbonyl (C=O) groups excluding carboxylic acids is 2. The third-order valence-electron chi connectivity index (χ3n) is 5.15. The summed E-state index contributed by atoms with van der Waals surface area (Å²) in [6, 6.07) is 1.80. The van der Waals surface area contributed by atoms with E-state index in [0.29, 0.717) is 32.5 Å². The van der Waals surface area contributed by atoms with Crippen LogP contribution in [0.1, 0.15) is 45.6 Å². The third kappa shape index (κ3) is 4.39. The van der Waals surface area contributed by atoms with Gasteiger partial charge in [0.2, 0.25) is 5.91 Å². The van der Waals surface area contributed by atoms with Gasteiger partial charge in [-0.2, -0.15) is 13.2 Å². The first-order valence-corrected chi connectivity index (χ1v) is 9.20. The Bertz CT molecular complexity index is 766. The summed E-state index contributed by atoms with van der Waals surface area (Å²) in [7, 11) is 0.